The van der Waals surface area contributed by atoms with Crippen molar-refractivity contribution in [3.8, 4) is 0 Å². The van der Waals surface area contributed by atoms with E-state index in [9.17, 15) is 0 Å². The molecule has 3 aromatic rings. The Kier molecular flexibility index (Phi) is 6.15. The van der Waals surface area contributed by atoms with Crippen LogP contribution in [0.1, 0.15) is 5.56 Å². The fourth-order valence-electron chi connectivity index (χ4n) is 2.81. The van der Waals surface area contributed by atoms with Gasteiger partial charge in [-0.3, -0.25) is 0 Å². The van der Waals surface area contributed by atoms with E-state index in [1.165, 1.54) is 15.9 Å². The molecular weight excluding hydrogens is 410 g/mol. The van der Waals surface area contributed by atoms with Gasteiger partial charge in [-0.1, -0.05) is 61.2 Å². The highest BCUT2D eigenvalue weighted by Crippen LogP contribution is 2.51. The van der Waals surface area contributed by atoms with Crippen molar-refractivity contribution in [2.45, 2.75) is 0 Å². The molecule has 3 rings (SSSR count). The lowest BCUT2D eigenvalue weighted by Gasteiger charge is -2.23. The minimum absolute atomic E-state index is 0. The maximum absolute atomic E-state index is 3.85. The first-order chi connectivity index (χ1) is 10.7. The van der Waals surface area contributed by atoms with E-state index in [1.54, 1.807) is 0 Å². The van der Waals surface area contributed by atoms with E-state index < -0.39 is 7.26 Å². The minimum Gasteiger partial charge on any atom is -1.00 e. The first-order valence-electron chi connectivity index (χ1n) is 7.46. The van der Waals surface area contributed by atoms with Crippen molar-refractivity contribution in [2.75, 3.05) is 6.66 Å². The smallest absolute Gasteiger partial charge is 0.109 e. The van der Waals surface area contributed by atoms with Gasteiger partial charge in [-0.15, -0.1) is 0 Å². The number of rotatable bonds is 4. The van der Waals surface area contributed by atoms with E-state index >= 15 is 0 Å². The highest BCUT2D eigenvalue weighted by atomic mass is 127. The summed E-state index contributed by atoms with van der Waals surface area (Å²) in [6, 6.07) is 30.5. The molecule has 0 radical (unpaired) electrons. The van der Waals surface area contributed by atoms with Crippen molar-refractivity contribution in [1.29, 1.82) is 0 Å². The summed E-state index contributed by atoms with van der Waals surface area (Å²) in [6.07, 6.45) is 1.89. The second-order valence-electron chi connectivity index (χ2n) is 5.47. The Morgan fingerprint density at radius 1 is 0.652 bits per heavy atom. The molecule has 0 fully saturated rings. The van der Waals surface area contributed by atoms with Gasteiger partial charge in [-0.25, -0.2) is 0 Å². The molecule has 23 heavy (non-hydrogen) atoms. The summed E-state index contributed by atoms with van der Waals surface area (Å²) in [4.78, 5) is 0. The maximum Gasteiger partial charge on any atom is 0.109 e. The average Bonchev–Trinajstić information content (AvgIpc) is 2.62. The topological polar surface area (TPSA) is 0 Å². The molecular formula is C21H20IP. The van der Waals surface area contributed by atoms with Crippen LogP contribution in [-0.2, 0) is 0 Å². The molecule has 0 bridgehead atoms. The monoisotopic (exact) mass is 430 g/mol. The molecule has 0 aromatic heterocycles. The van der Waals surface area contributed by atoms with Gasteiger partial charge >= 0.3 is 0 Å². The van der Waals surface area contributed by atoms with E-state index in [1.807, 2.05) is 6.08 Å². The fourth-order valence-corrected chi connectivity index (χ4v) is 5.98. The molecule has 0 saturated carbocycles. The van der Waals surface area contributed by atoms with E-state index in [2.05, 4.69) is 98.2 Å². The van der Waals surface area contributed by atoms with E-state index in [0.717, 1.165) is 5.56 Å². The zero-order chi connectivity index (χ0) is 15.4. The molecule has 0 nitrogen and oxygen atoms in total. The van der Waals surface area contributed by atoms with E-state index in [4.69, 9.17) is 0 Å². The van der Waals surface area contributed by atoms with Crippen LogP contribution in [0.4, 0.5) is 0 Å². The summed E-state index contributed by atoms with van der Waals surface area (Å²) in [7, 11) is -1.59. The third kappa shape index (κ3) is 3.57. The first-order valence-corrected chi connectivity index (χ1v) is 9.69. The minimum atomic E-state index is -1.59. The van der Waals surface area contributed by atoms with Crippen LogP contribution in [0.15, 0.2) is 91.5 Å². The Hall–Kier alpha value is -1.44. The highest BCUT2D eigenvalue weighted by Gasteiger charge is 2.39. The maximum atomic E-state index is 3.85. The largest absolute Gasteiger partial charge is 1.00 e. The molecule has 0 N–H and O–H groups in total. The van der Waals surface area contributed by atoms with Crippen LogP contribution in [0.3, 0.4) is 0 Å². The molecule has 0 aliphatic heterocycles. The summed E-state index contributed by atoms with van der Waals surface area (Å²) < 4.78 is 0. The Morgan fingerprint density at radius 2 is 1.04 bits per heavy atom. The van der Waals surface area contributed by atoms with Crippen LogP contribution in [0.25, 0.3) is 6.08 Å². The molecule has 0 saturated heterocycles. The molecule has 0 heterocycles. The summed E-state index contributed by atoms with van der Waals surface area (Å²) in [5, 5.41) is 4.22. The van der Waals surface area contributed by atoms with E-state index in [-0.39, 0.29) is 24.0 Å². The van der Waals surface area contributed by atoms with Gasteiger partial charge in [0.2, 0.25) is 0 Å². The van der Waals surface area contributed by atoms with Crippen molar-refractivity contribution < 1.29 is 24.0 Å². The number of hydrogen-bond acceptors (Lipinski definition) is 0. The number of halogens is 1. The average molecular weight is 430 g/mol. The third-order valence-corrected chi connectivity index (χ3v) is 8.18. The first kappa shape index (κ1) is 17.9. The number of benzene rings is 3. The predicted octanol–water partition coefficient (Wildman–Crippen LogP) is 1.26. The molecule has 0 spiro atoms. The van der Waals surface area contributed by atoms with Crippen LogP contribution < -0.4 is 39.9 Å². The second kappa shape index (κ2) is 7.90. The van der Waals surface area contributed by atoms with Crippen molar-refractivity contribution in [1.82, 2.24) is 0 Å². The lowest BCUT2D eigenvalue weighted by Crippen LogP contribution is -3.00. The summed E-state index contributed by atoms with van der Waals surface area (Å²) in [5.41, 5.74) is 1.16. The zero-order valence-corrected chi connectivity index (χ0v) is 16.2. The van der Waals surface area contributed by atoms with Crippen LogP contribution in [0, 0.1) is 0 Å². The van der Waals surface area contributed by atoms with Gasteiger partial charge in [0.25, 0.3) is 0 Å². The Morgan fingerprint density at radius 3 is 1.43 bits per heavy atom. The third-order valence-electron chi connectivity index (χ3n) is 4.19. The van der Waals surface area contributed by atoms with Crippen molar-refractivity contribution in [2.24, 2.45) is 0 Å². The molecule has 0 aliphatic carbocycles. The van der Waals surface area contributed by atoms with Gasteiger partial charge in [-0.2, -0.15) is 0 Å². The predicted molar refractivity (Wildman–Crippen MR) is 101 cm³/mol. The quantitative estimate of drug-likeness (QED) is 0.432. The summed E-state index contributed by atoms with van der Waals surface area (Å²) in [6.45, 7) is 6.25. The highest BCUT2D eigenvalue weighted by molar-refractivity contribution is 7.95. The van der Waals surface area contributed by atoms with Gasteiger partial charge < -0.3 is 24.0 Å². The van der Waals surface area contributed by atoms with Gasteiger partial charge in [0.1, 0.15) is 23.2 Å². The normalized spacial score (nSPS) is 10.7. The van der Waals surface area contributed by atoms with Gasteiger partial charge in [0.15, 0.2) is 0 Å². The Labute approximate surface area is 156 Å². The second-order valence-corrected chi connectivity index (χ2v) is 9.03. The summed E-state index contributed by atoms with van der Waals surface area (Å²) >= 11 is 0. The Balaban J connectivity index is 0.00000192. The van der Waals surface area contributed by atoms with Crippen molar-refractivity contribution >= 4 is 29.3 Å². The molecule has 0 atom stereocenters. The van der Waals surface area contributed by atoms with Crippen LogP contribution in [-0.4, -0.2) is 6.66 Å². The van der Waals surface area contributed by atoms with Crippen LogP contribution in [0.2, 0.25) is 0 Å². The molecule has 2 heteroatoms. The zero-order valence-electron chi connectivity index (χ0n) is 13.2. The summed E-state index contributed by atoms with van der Waals surface area (Å²) in [5.74, 6) is 0. The van der Waals surface area contributed by atoms with Gasteiger partial charge in [0.05, 0.1) is 6.66 Å². The van der Waals surface area contributed by atoms with Crippen molar-refractivity contribution in [3.05, 3.63) is 97.1 Å². The molecule has 0 unspecified atom stereocenters. The lowest BCUT2D eigenvalue weighted by molar-refractivity contribution is -0.00000427. The lowest BCUT2D eigenvalue weighted by atomic mass is 10.2. The van der Waals surface area contributed by atoms with Crippen LogP contribution >= 0.6 is 7.26 Å². The van der Waals surface area contributed by atoms with Gasteiger partial charge in [0, 0.05) is 0 Å². The standard InChI is InChI=1S/C21H20P.HI/c1-3-18-14-16-21(17-15-18)22(2,19-10-6-4-7-11-19)20-12-8-5-9-13-20;/h3-17H,1H2,2H3;1H/q+1;/p-1. The van der Waals surface area contributed by atoms with E-state index in [0.29, 0.717) is 0 Å². The molecule has 0 aliphatic rings. The fraction of sp³-hybridized carbons (Fsp3) is 0.0476. The Bertz CT molecular complexity index is 709. The van der Waals surface area contributed by atoms with Crippen LogP contribution in [0.5, 0.6) is 0 Å². The van der Waals surface area contributed by atoms with Gasteiger partial charge in [-0.05, 0) is 42.0 Å². The molecule has 3 aromatic carbocycles. The van der Waals surface area contributed by atoms with Crippen molar-refractivity contribution in [3.63, 3.8) is 0 Å². The molecule has 116 valence electrons. The SMILES string of the molecule is C=Cc1ccc([P+](C)(c2ccccc2)c2ccccc2)cc1.[I-]. The number of hydrogen-bond donors (Lipinski definition) is 0. The molecule has 0 amide bonds.